The Kier molecular flexibility index (Phi) is 59.7. The van der Waals surface area contributed by atoms with E-state index < -0.39 is 27.1 Å². The number of hydrogen-bond donors (Lipinski definition) is 1. The van der Waals surface area contributed by atoms with E-state index in [0.717, 1.165) is 88.1 Å². The molecule has 7 nitrogen and oxygen atoms in total. The molecule has 88 heavy (non-hydrogen) atoms. The fraction of sp³-hybridized carbons (Fsp3) is 0.846. The number of benzene rings is 2. The zero-order chi connectivity index (χ0) is 64.8. The molecular formula is C78H150NO6PS2. The Morgan fingerprint density at radius 2 is 0.523 bits per heavy atom. The number of quaternary nitrogens is 1. The molecular weight excluding hydrogens is 1140 g/mol. The van der Waals surface area contributed by atoms with Crippen LogP contribution in [-0.4, -0.2) is 52.6 Å². The third-order valence-corrected chi connectivity index (χ3v) is 28.9. The Morgan fingerprint density at radius 1 is 0.307 bits per heavy atom. The van der Waals surface area contributed by atoms with Gasteiger partial charge in [-0.05, 0) is 37.3 Å². The van der Waals surface area contributed by atoms with Crippen molar-refractivity contribution in [2.45, 2.75) is 405 Å². The van der Waals surface area contributed by atoms with Gasteiger partial charge in [-0.2, -0.15) is 0 Å². The monoisotopic (exact) mass is 1290 g/mol. The maximum absolute atomic E-state index is 15.1. The third kappa shape index (κ3) is 47.5. The summed E-state index contributed by atoms with van der Waals surface area (Å²) in [5.74, 6) is 0. The van der Waals surface area contributed by atoms with Crippen LogP contribution in [0, 0.1) is 0 Å². The van der Waals surface area contributed by atoms with Gasteiger partial charge in [-0.25, -0.2) is 8.42 Å². The van der Waals surface area contributed by atoms with Crippen molar-refractivity contribution < 1.29 is 31.1 Å². The minimum Gasteiger partial charge on any atom is -0.744 e. The van der Waals surface area contributed by atoms with E-state index in [-0.39, 0.29) is 4.90 Å². The van der Waals surface area contributed by atoms with Gasteiger partial charge in [0.15, 0.2) is 0 Å². The van der Waals surface area contributed by atoms with E-state index in [1.807, 2.05) is 18.2 Å². The van der Waals surface area contributed by atoms with Crippen LogP contribution in [-0.2, 0) is 37.0 Å². The summed E-state index contributed by atoms with van der Waals surface area (Å²) in [6.07, 6.45) is 72.0. The SMILES string of the molecule is CCCCCCCCCCCCc1ccccc1S(=O)(=O)OP(CCCCCCCC)(CCCCCCCC)(CCCCCCCC)CCCCCCCC.CCCCCCCCCCCCc1ccccc1S(=O)(=O)[O-].CCCCCCCCCC[NH3+]. The minimum absolute atomic E-state index is 0.0501. The van der Waals surface area contributed by atoms with Gasteiger partial charge >= 0.3 is 322 Å². The second-order valence-electron chi connectivity index (χ2n) is 27.2. The van der Waals surface area contributed by atoms with Gasteiger partial charge in [-0.3, -0.25) is 0 Å². The average Bonchev–Trinajstić information content (AvgIpc) is 1.45. The van der Waals surface area contributed by atoms with Crippen molar-refractivity contribution in [3.8, 4) is 0 Å². The van der Waals surface area contributed by atoms with Gasteiger partial charge in [0.05, 0.1) is 11.4 Å². The van der Waals surface area contributed by atoms with Crippen molar-refractivity contribution in [1.82, 2.24) is 0 Å². The van der Waals surface area contributed by atoms with E-state index in [1.54, 1.807) is 18.2 Å². The molecule has 10 heteroatoms. The maximum atomic E-state index is 15.1. The van der Waals surface area contributed by atoms with Crippen LogP contribution in [0.25, 0.3) is 0 Å². The molecule has 0 saturated carbocycles. The molecule has 0 bridgehead atoms. The van der Waals surface area contributed by atoms with Crippen molar-refractivity contribution in [2.75, 3.05) is 31.2 Å². The quantitative estimate of drug-likeness (QED) is 0.0399. The van der Waals surface area contributed by atoms with Crippen LogP contribution in [0.4, 0.5) is 0 Å². The zero-order valence-electron chi connectivity index (χ0n) is 59.8. The normalized spacial score (nSPS) is 12.4. The second-order valence-corrected chi connectivity index (χ2v) is 36.0. The van der Waals surface area contributed by atoms with Gasteiger partial charge in [0.25, 0.3) is 0 Å². The fourth-order valence-corrected chi connectivity index (χ4v) is 23.8. The first-order valence-corrected chi connectivity index (χ1v) is 44.4. The van der Waals surface area contributed by atoms with Crippen LogP contribution in [0.15, 0.2) is 58.3 Å². The molecule has 0 fully saturated rings. The summed E-state index contributed by atoms with van der Waals surface area (Å²) in [6.45, 7) is 13.9. The van der Waals surface area contributed by atoms with E-state index >= 15 is 8.42 Å². The molecule has 0 radical (unpaired) electrons. The number of hydrogen-bond acceptors (Lipinski definition) is 6. The molecule has 0 aromatic heterocycles. The standard InChI is InChI=1S/C50H97O3PS.C18H30O3S.C10H23N/c1-6-11-16-21-26-27-28-29-30-35-42-49-43-36-37-44-50(49)55(51,52)53-54(45-38-31-22-17-12-7-2,46-39-32-23-18-13-8-3,47-40-33-24-19-14-9-4)48-41-34-25-20-15-10-5;1-2-3-4-5-6-7-8-9-10-11-14-17-15-12-13-16-18(17)22(19,20)21;1-2-3-4-5-6-7-8-9-10-11/h36-37,43-44H,6-35,38-42,45-48H2,1-5H3;12-13,15-16H,2-11,14H2,1H3,(H,19,20,21);2-11H2,1H3. The first-order chi connectivity index (χ1) is 42.8. The Morgan fingerprint density at radius 3 is 0.784 bits per heavy atom. The van der Waals surface area contributed by atoms with Crippen LogP contribution in [0.2, 0.25) is 0 Å². The summed E-state index contributed by atoms with van der Waals surface area (Å²) >= 11 is 0. The smallest absolute Gasteiger partial charge is 0.124 e. The molecule has 2 aromatic rings. The van der Waals surface area contributed by atoms with E-state index in [9.17, 15) is 13.0 Å². The Bertz CT molecular complexity index is 1950. The van der Waals surface area contributed by atoms with Gasteiger partial charge in [0, 0.05) is 0 Å². The van der Waals surface area contributed by atoms with Crippen LogP contribution in [0.1, 0.15) is 393 Å². The van der Waals surface area contributed by atoms with Crippen LogP contribution < -0.4 is 5.73 Å². The summed E-state index contributed by atoms with van der Waals surface area (Å²) in [5.41, 5.74) is 5.48. The Balaban J connectivity index is 0.00000185. The molecule has 0 atom stereocenters. The Labute approximate surface area is 550 Å². The Hall–Kier alpha value is -1.35. The summed E-state index contributed by atoms with van der Waals surface area (Å²) in [5, 5.41) is 0. The molecule has 0 saturated heterocycles. The molecule has 2 aromatic carbocycles. The molecule has 0 unspecified atom stereocenters. The topological polar surface area (TPSA) is 128 Å². The number of rotatable bonds is 62. The summed E-state index contributed by atoms with van der Waals surface area (Å²) in [6, 6.07) is 14.5. The third-order valence-electron chi connectivity index (χ3n) is 18.8. The predicted molar refractivity (Wildman–Crippen MR) is 390 cm³/mol. The molecule has 520 valence electrons. The summed E-state index contributed by atoms with van der Waals surface area (Å²) in [7, 11) is -8.26. The van der Waals surface area contributed by atoms with Crippen LogP contribution >= 0.6 is 6.83 Å². The van der Waals surface area contributed by atoms with E-state index in [0.29, 0.717) is 16.9 Å². The largest absolute Gasteiger partial charge is 0.744 e. The van der Waals surface area contributed by atoms with Gasteiger partial charge in [0.2, 0.25) is 0 Å². The molecule has 0 aliphatic rings. The van der Waals surface area contributed by atoms with Gasteiger partial charge in [-0.1, -0.05) is 155 Å². The van der Waals surface area contributed by atoms with Gasteiger partial charge in [0.1, 0.15) is 10.1 Å². The van der Waals surface area contributed by atoms with E-state index in [1.165, 1.54) is 295 Å². The number of aryl methyl sites for hydroxylation is 2. The van der Waals surface area contributed by atoms with Gasteiger partial charge < -0.3 is 10.3 Å². The molecule has 0 amide bonds. The number of unbranched alkanes of at least 4 members (excludes halogenated alkanes) is 45. The van der Waals surface area contributed by atoms with Crippen molar-refractivity contribution >= 4 is 27.1 Å². The molecule has 3 N–H and O–H groups in total. The van der Waals surface area contributed by atoms with Crippen LogP contribution in [0.5, 0.6) is 0 Å². The first-order valence-electron chi connectivity index (χ1n) is 38.7. The van der Waals surface area contributed by atoms with Crippen molar-refractivity contribution in [3.05, 3.63) is 59.7 Å². The fourth-order valence-electron chi connectivity index (χ4n) is 13.1. The van der Waals surface area contributed by atoms with E-state index in [4.69, 9.17) is 3.97 Å². The second kappa shape index (κ2) is 60.6. The van der Waals surface area contributed by atoms with Crippen molar-refractivity contribution in [2.24, 2.45) is 0 Å². The molecule has 0 aliphatic carbocycles. The van der Waals surface area contributed by atoms with Crippen molar-refractivity contribution in [1.29, 1.82) is 0 Å². The molecule has 0 aliphatic heterocycles. The predicted octanol–water partition coefficient (Wildman–Crippen LogP) is 25.2. The van der Waals surface area contributed by atoms with Gasteiger partial charge in [-0.15, -0.1) is 0 Å². The minimum atomic E-state index is -4.35. The first kappa shape index (κ1) is 86.7. The van der Waals surface area contributed by atoms with Crippen molar-refractivity contribution in [3.63, 3.8) is 0 Å². The summed E-state index contributed by atoms with van der Waals surface area (Å²) < 4.78 is 71.0. The van der Waals surface area contributed by atoms with E-state index in [2.05, 4.69) is 60.3 Å². The molecule has 2 rings (SSSR count). The zero-order valence-corrected chi connectivity index (χ0v) is 62.3. The average molecular weight is 1290 g/mol. The summed E-state index contributed by atoms with van der Waals surface area (Å²) in [4.78, 5) is 0.433. The molecule has 0 heterocycles. The maximum Gasteiger partial charge on any atom is 0.124 e. The molecule has 0 spiro atoms. The van der Waals surface area contributed by atoms with Crippen LogP contribution in [0.3, 0.4) is 0 Å².